The van der Waals surface area contributed by atoms with Crippen LogP contribution in [0, 0.1) is 0 Å². The second-order valence-electron chi connectivity index (χ2n) is 11.1. The average molecular weight is 482 g/mol. The van der Waals surface area contributed by atoms with Crippen LogP contribution in [0.2, 0.25) is 0 Å². The molecule has 0 bridgehead atoms. The number of hydrogen-bond donors (Lipinski definition) is 0. The third kappa shape index (κ3) is 7.55. The smallest absolute Gasteiger partial charge is 0.165 e. The fourth-order valence-electron chi connectivity index (χ4n) is 4.16. The van der Waals surface area contributed by atoms with Gasteiger partial charge in [0.05, 0.1) is 12.7 Å². The van der Waals surface area contributed by atoms with Crippen LogP contribution in [0.4, 0.5) is 0 Å². The molecule has 0 aliphatic carbocycles. The summed E-state index contributed by atoms with van der Waals surface area (Å²) in [5.74, 6) is 1.82. The predicted octanol–water partition coefficient (Wildman–Crippen LogP) is 6.03. The van der Waals surface area contributed by atoms with Gasteiger partial charge in [-0.05, 0) is 76.9 Å². The summed E-state index contributed by atoms with van der Waals surface area (Å²) < 4.78 is 17.8. The number of ketones is 1. The summed E-state index contributed by atoms with van der Waals surface area (Å²) in [5.41, 5.74) is 1.48. The minimum atomic E-state index is -0.805. The van der Waals surface area contributed by atoms with E-state index in [1.165, 1.54) is 11.1 Å². The standard InChI is InChI=1S/C30H43NO4/c1-21(2)34-26-13-9-24(10-14-26)29(5,6)25-11-15-27(16-12-25)35-23(4)20-33-30(7,8)28(32)17-18-31-19-22(31)3/h9-16,21-23H,17-20H2,1-8H3. The van der Waals surface area contributed by atoms with Crippen LogP contribution in [-0.4, -0.2) is 54.2 Å². The van der Waals surface area contributed by atoms with Crippen molar-refractivity contribution in [3.63, 3.8) is 0 Å². The fraction of sp³-hybridized carbons (Fsp3) is 0.567. The summed E-state index contributed by atoms with van der Waals surface area (Å²) in [5, 5.41) is 0. The molecule has 3 unspecified atom stereocenters. The fourth-order valence-corrected chi connectivity index (χ4v) is 4.16. The molecule has 0 radical (unpaired) electrons. The molecule has 1 aliphatic heterocycles. The van der Waals surface area contributed by atoms with E-state index in [1.807, 2.05) is 58.9 Å². The van der Waals surface area contributed by atoms with Gasteiger partial charge in [-0.25, -0.2) is 0 Å². The highest BCUT2D eigenvalue weighted by Gasteiger charge is 2.33. The minimum Gasteiger partial charge on any atom is -0.491 e. The van der Waals surface area contributed by atoms with E-state index in [4.69, 9.17) is 14.2 Å². The molecule has 5 heteroatoms. The van der Waals surface area contributed by atoms with Gasteiger partial charge in [0, 0.05) is 31.0 Å². The van der Waals surface area contributed by atoms with Crippen molar-refractivity contribution < 1.29 is 19.0 Å². The van der Waals surface area contributed by atoms with Crippen LogP contribution < -0.4 is 9.47 Å². The van der Waals surface area contributed by atoms with E-state index >= 15 is 0 Å². The first-order valence-corrected chi connectivity index (χ1v) is 12.8. The Labute approximate surface area is 211 Å². The lowest BCUT2D eigenvalue weighted by atomic mass is 9.78. The van der Waals surface area contributed by atoms with Crippen molar-refractivity contribution in [2.24, 2.45) is 0 Å². The Morgan fingerprint density at radius 1 is 0.914 bits per heavy atom. The van der Waals surface area contributed by atoms with Crippen LogP contribution in [0.1, 0.15) is 72.9 Å². The van der Waals surface area contributed by atoms with Gasteiger partial charge in [-0.2, -0.15) is 0 Å². The molecule has 1 heterocycles. The summed E-state index contributed by atoms with van der Waals surface area (Å²) >= 11 is 0. The monoisotopic (exact) mass is 481 g/mol. The zero-order valence-electron chi connectivity index (χ0n) is 22.8. The van der Waals surface area contributed by atoms with Crippen molar-refractivity contribution in [1.29, 1.82) is 0 Å². The van der Waals surface area contributed by atoms with Gasteiger partial charge in [0.15, 0.2) is 5.78 Å². The third-order valence-electron chi connectivity index (χ3n) is 6.83. The molecule has 2 aromatic rings. The Balaban J connectivity index is 1.52. The molecule has 0 amide bonds. The Morgan fingerprint density at radius 2 is 1.40 bits per heavy atom. The Bertz CT molecular complexity index is 963. The molecule has 0 saturated carbocycles. The van der Waals surface area contributed by atoms with E-state index in [0.29, 0.717) is 19.1 Å². The quantitative estimate of drug-likeness (QED) is 0.327. The Morgan fingerprint density at radius 3 is 1.86 bits per heavy atom. The van der Waals surface area contributed by atoms with Gasteiger partial charge in [-0.15, -0.1) is 0 Å². The van der Waals surface area contributed by atoms with E-state index in [1.54, 1.807) is 0 Å². The van der Waals surface area contributed by atoms with Crippen LogP contribution in [0.25, 0.3) is 0 Å². The van der Waals surface area contributed by atoms with E-state index in [0.717, 1.165) is 24.6 Å². The van der Waals surface area contributed by atoms with Gasteiger partial charge < -0.3 is 14.2 Å². The maximum Gasteiger partial charge on any atom is 0.165 e. The first-order chi connectivity index (χ1) is 16.4. The van der Waals surface area contributed by atoms with Gasteiger partial charge in [0.1, 0.15) is 23.2 Å². The molecule has 192 valence electrons. The van der Waals surface area contributed by atoms with E-state index < -0.39 is 5.60 Å². The van der Waals surface area contributed by atoms with Crippen molar-refractivity contribution in [2.45, 2.75) is 91.1 Å². The highest BCUT2D eigenvalue weighted by molar-refractivity contribution is 5.86. The van der Waals surface area contributed by atoms with Crippen molar-refractivity contribution in [2.75, 3.05) is 19.7 Å². The van der Waals surface area contributed by atoms with Crippen LogP contribution in [-0.2, 0) is 14.9 Å². The number of nitrogens with zero attached hydrogens (tertiary/aromatic N) is 1. The van der Waals surface area contributed by atoms with E-state index in [2.05, 4.69) is 49.9 Å². The zero-order valence-corrected chi connectivity index (χ0v) is 22.8. The van der Waals surface area contributed by atoms with Gasteiger partial charge in [0.25, 0.3) is 0 Å². The third-order valence-corrected chi connectivity index (χ3v) is 6.83. The summed E-state index contributed by atoms with van der Waals surface area (Å²) in [6.07, 6.45) is 0.522. The van der Waals surface area contributed by atoms with Gasteiger partial charge in [0.2, 0.25) is 0 Å². The largest absolute Gasteiger partial charge is 0.491 e. The molecule has 35 heavy (non-hydrogen) atoms. The lowest BCUT2D eigenvalue weighted by Crippen LogP contribution is -2.38. The molecule has 0 spiro atoms. The summed E-state index contributed by atoms with van der Waals surface area (Å²) in [6.45, 7) is 18.6. The second-order valence-corrected chi connectivity index (χ2v) is 11.1. The molecule has 1 fully saturated rings. The number of benzene rings is 2. The first kappa shape index (κ1) is 27.2. The number of hydrogen-bond acceptors (Lipinski definition) is 5. The summed E-state index contributed by atoms with van der Waals surface area (Å²) in [6, 6.07) is 17.2. The summed E-state index contributed by atoms with van der Waals surface area (Å²) in [4.78, 5) is 14.9. The van der Waals surface area contributed by atoms with Crippen molar-refractivity contribution in [3.05, 3.63) is 59.7 Å². The van der Waals surface area contributed by atoms with Crippen molar-refractivity contribution in [1.82, 2.24) is 4.90 Å². The zero-order chi connectivity index (χ0) is 25.8. The number of carbonyl (C=O) groups is 1. The number of ether oxygens (including phenoxy) is 3. The van der Waals surface area contributed by atoms with Gasteiger partial charge >= 0.3 is 0 Å². The molecular weight excluding hydrogens is 438 g/mol. The first-order valence-electron chi connectivity index (χ1n) is 12.8. The van der Waals surface area contributed by atoms with Crippen LogP contribution in [0.5, 0.6) is 11.5 Å². The van der Waals surface area contributed by atoms with Crippen molar-refractivity contribution >= 4 is 5.78 Å². The Hall–Kier alpha value is -2.37. The molecule has 5 nitrogen and oxygen atoms in total. The van der Waals surface area contributed by atoms with Crippen molar-refractivity contribution in [3.8, 4) is 11.5 Å². The van der Waals surface area contributed by atoms with Gasteiger partial charge in [-0.1, -0.05) is 38.1 Å². The highest BCUT2D eigenvalue weighted by atomic mass is 16.5. The van der Waals surface area contributed by atoms with Gasteiger partial charge in [-0.3, -0.25) is 9.69 Å². The van der Waals surface area contributed by atoms with Crippen LogP contribution >= 0.6 is 0 Å². The van der Waals surface area contributed by atoms with Crippen LogP contribution in [0.15, 0.2) is 48.5 Å². The van der Waals surface area contributed by atoms with E-state index in [9.17, 15) is 4.79 Å². The predicted molar refractivity (Wildman–Crippen MR) is 142 cm³/mol. The maximum absolute atomic E-state index is 12.6. The molecule has 3 atom stereocenters. The number of rotatable bonds is 13. The molecule has 3 rings (SSSR count). The topological polar surface area (TPSA) is 47.8 Å². The van der Waals surface area contributed by atoms with Crippen LogP contribution in [0.3, 0.4) is 0 Å². The lowest BCUT2D eigenvalue weighted by molar-refractivity contribution is -0.143. The second kappa shape index (κ2) is 11.1. The highest BCUT2D eigenvalue weighted by Crippen LogP contribution is 2.33. The molecule has 1 saturated heterocycles. The molecule has 0 N–H and O–H groups in total. The maximum atomic E-state index is 12.6. The normalized spacial score (nSPS) is 18.9. The molecular formula is C30H43NO4. The number of carbonyl (C=O) groups excluding carboxylic acids is 1. The Kier molecular flexibility index (Phi) is 8.66. The molecule has 2 aromatic carbocycles. The summed E-state index contributed by atoms with van der Waals surface area (Å²) in [7, 11) is 0. The molecule has 1 aliphatic rings. The average Bonchev–Trinajstić information content (AvgIpc) is 3.51. The lowest BCUT2D eigenvalue weighted by Gasteiger charge is -2.27. The number of Topliss-reactive ketones (excluding diaryl/α,β-unsaturated/α-hetero) is 1. The minimum absolute atomic E-state index is 0.138. The van der Waals surface area contributed by atoms with E-state index in [-0.39, 0.29) is 23.4 Å². The molecule has 0 aromatic heterocycles. The SMILES string of the molecule is CC(C)Oc1ccc(C(C)(C)c2ccc(OC(C)COC(C)(C)C(=O)CCN3CC3C)cc2)cc1.